The third-order valence-corrected chi connectivity index (χ3v) is 8.33. The number of hydrogen-bond donors (Lipinski definition) is 2. The molecular formula is C34H32F2N10. The third-order valence-electron chi connectivity index (χ3n) is 8.33. The van der Waals surface area contributed by atoms with E-state index in [0.717, 1.165) is 22.3 Å². The van der Waals surface area contributed by atoms with Gasteiger partial charge in [0.1, 0.15) is 17.3 Å². The zero-order chi connectivity index (χ0) is 32.6. The summed E-state index contributed by atoms with van der Waals surface area (Å²) in [6, 6.07) is 14.9. The van der Waals surface area contributed by atoms with Gasteiger partial charge in [0, 0.05) is 23.7 Å². The molecule has 1 atom stereocenters. The highest BCUT2D eigenvalue weighted by atomic mass is 19.3. The largest absolute Gasteiger partial charge is 0.383 e. The SMILES string of the molecule is Cc1c(-c2ccnnc2)cccc1[C@H](Nc1cc(C#N)cc2c(NCC(C)(C)C)c(C#N)cnc12)c1cn(C2(C(F)F)CC2)nn1. The van der Waals surface area contributed by atoms with Crippen molar-refractivity contribution in [3.63, 3.8) is 0 Å². The number of aromatic nitrogens is 6. The second kappa shape index (κ2) is 11.8. The molecule has 0 radical (unpaired) electrons. The van der Waals surface area contributed by atoms with Gasteiger partial charge in [-0.3, -0.25) is 4.98 Å². The van der Waals surface area contributed by atoms with Crippen LogP contribution in [0.2, 0.25) is 0 Å². The monoisotopic (exact) mass is 618 g/mol. The Morgan fingerprint density at radius 2 is 1.87 bits per heavy atom. The number of alkyl halides is 2. The summed E-state index contributed by atoms with van der Waals surface area (Å²) in [4.78, 5) is 4.65. The summed E-state index contributed by atoms with van der Waals surface area (Å²) in [6.07, 6.45) is 4.44. The van der Waals surface area contributed by atoms with Gasteiger partial charge < -0.3 is 10.6 Å². The van der Waals surface area contributed by atoms with Gasteiger partial charge in [0.25, 0.3) is 6.43 Å². The molecule has 10 nitrogen and oxygen atoms in total. The number of rotatable bonds is 9. The fourth-order valence-corrected chi connectivity index (χ4v) is 5.60. The molecule has 46 heavy (non-hydrogen) atoms. The first kappa shape index (κ1) is 30.5. The summed E-state index contributed by atoms with van der Waals surface area (Å²) in [6.45, 7) is 8.80. The van der Waals surface area contributed by atoms with Crippen molar-refractivity contribution in [2.45, 2.75) is 58.5 Å². The standard InChI is InChI=1S/C34H32F2N10/c1-20-24(22-8-11-41-42-17-22)6-5-7-25(20)31(28-18-46(45-44-28)34(9-10-34)32(35)36)43-27-13-21(14-37)12-26-29(40-19-33(2,3)4)23(15-38)16-39-30(26)27/h5-8,11-13,16-18,31-32,43H,9-10,19H2,1-4H3,(H,39,40)/t31-/m0/s1. The van der Waals surface area contributed by atoms with E-state index >= 15 is 0 Å². The molecular weight excluding hydrogens is 586 g/mol. The van der Waals surface area contributed by atoms with Crippen molar-refractivity contribution in [2.24, 2.45) is 5.41 Å². The predicted octanol–water partition coefficient (Wildman–Crippen LogP) is 6.75. The number of halogens is 2. The molecule has 0 amide bonds. The second-order valence-corrected chi connectivity index (χ2v) is 12.8. The summed E-state index contributed by atoms with van der Waals surface area (Å²) in [5.41, 5.74) is 4.84. The number of hydrogen-bond acceptors (Lipinski definition) is 9. The molecule has 12 heteroatoms. The van der Waals surface area contributed by atoms with Crippen LogP contribution in [0.3, 0.4) is 0 Å². The summed E-state index contributed by atoms with van der Waals surface area (Å²) in [7, 11) is 0. The minimum absolute atomic E-state index is 0.0861. The van der Waals surface area contributed by atoms with Gasteiger partial charge in [0.2, 0.25) is 0 Å². The molecule has 0 unspecified atom stereocenters. The minimum Gasteiger partial charge on any atom is -0.383 e. The van der Waals surface area contributed by atoms with Crippen molar-refractivity contribution < 1.29 is 8.78 Å². The van der Waals surface area contributed by atoms with Crippen LogP contribution in [0, 0.1) is 35.0 Å². The fourth-order valence-electron chi connectivity index (χ4n) is 5.60. The smallest absolute Gasteiger partial charge is 0.263 e. The van der Waals surface area contributed by atoms with E-state index in [1.165, 1.54) is 10.9 Å². The van der Waals surface area contributed by atoms with Crippen LogP contribution in [0.25, 0.3) is 22.0 Å². The minimum atomic E-state index is -2.58. The molecule has 1 aliphatic carbocycles. The molecule has 0 aliphatic heterocycles. The Labute approximate surface area is 265 Å². The Morgan fingerprint density at radius 1 is 1.07 bits per heavy atom. The Bertz CT molecular complexity index is 2000. The topological polar surface area (TPSA) is 141 Å². The quantitative estimate of drug-likeness (QED) is 0.183. The summed E-state index contributed by atoms with van der Waals surface area (Å²) in [5.74, 6) is 0. The summed E-state index contributed by atoms with van der Waals surface area (Å²) >= 11 is 0. The van der Waals surface area contributed by atoms with Crippen LogP contribution in [-0.4, -0.2) is 43.1 Å². The first-order chi connectivity index (χ1) is 22.0. The molecule has 0 saturated heterocycles. The second-order valence-electron chi connectivity index (χ2n) is 12.8. The van der Waals surface area contributed by atoms with Crippen LogP contribution in [0.5, 0.6) is 0 Å². The number of anilines is 2. The van der Waals surface area contributed by atoms with Crippen molar-refractivity contribution in [1.29, 1.82) is 10.5 Å². The summed E-state index contributed by atoms with van der Waals surface area (Å²) in [5, 5.41) is 44.0. The van der Waals surface area contributed by atoms with Crippen molar-refractivity contribution in [2.75, 3.05) is 17.2 Å². The van der Waals surface area contributed by atoms with Gasteiger partial charge in [-0.05, 0) is 60.1 Å². The summed E-state index contributed by atoms with van der Waals surface area (Å²) < 4.78 is 29.4. The maximum atomic E-state index is 14.1. The van der Waals surface area contributed by atoms with Crippen LogP contribution in [0.15, 0.2) is 61.2 Å². The van der Waals surface area contributed by atoms with Crippen LogP contribution in [0.4, 0.5) is 20.2 Å². The molecule has 6 rings (SSSR count). The predicted molar refractivity (Wildman–Crippen MR) is 170 cm³/mol. The third kappa shape index (κ3) is 5.70. The van der Waals surface area contributed by atoms with Crippen molar-refractivity contribution >= 4 is 22.3 Å². The average molecular weight is 619 g/mol. The van der Waals surface area contributed by atoms with Gasteiger partial charge in [-0.25, -0.2) is 13.5 Å². The molecule has 232 valence electrons. The first-order valence-corrected chi connectivity index (χ1v) is 14.9. The van der Waals surface area contributed by atoms with Crippen molar-refractivity contribution in [1.82, 2.24) is 30.2 Å². The van der Waals surface area contributed by atoms with E-state index in [1.54, 1.807) is 30.7 Å². The highest BCUT2D eigenvalue weighted by molar-refractivity contribution is 6.01. The van der Waals surface area contributed by atoms with Crippen LogP contribution in [0.1, 0.15) is 67.6 Å². The Balaban J connectivity index is 1.52. The number of nitrogens with one attached hydrogen (secondary N) is 2. The van der Waals surface area contributed by atoms with Crippen molar-refractivity contribution in [3.05, 3.63) is 89.1 Å². The van der Waals surface area contributed by atoms with Gasteiger partial charge in [0.15, 0.2) is 0 Å². The van der Waals surface area contributed by atoms with E-state index < -0.39 is 18.0 Å². The Morgan fingerprint density at radius 3 is 2.52 bits per heavy atom. The molecule has 5 aromatic rings. The number of nitriles is 2. The van der Waals surface area contributed by atoms with E-state index in [1.807, 2.05) is 31.2 Å². The molecule has 0 bridgehead atoms. The van der Waals surface area contributed by atoms with Gasteiger partial charge in [-0.2, -0.15) is 20.7 Å². The maximum Gasteiger partial charge on any atom is 0.263 e. The Kier molecular flexibility index (Phi) is 7.82. The van der Waals surface area contributed by atoms with Gasteiger partial charge in [-0.1, -0.05) is 44.2 Å². The lowest BCUT2D eigenvalue weighted by Crippen LogP contribution is -2.26. The van der Waals surface area contributed by atoms with Gasteiger partial charge >= 0.3 is 0 Å². The normalized spacial score (nSPS) is 14.5. The van der Waals surface area contributed by atoms with E-state index in [-0.39, 0.29) is 5.41 Å². The maximum absolute atomic E-state index is 14.1. The zero-order valence-corrected chi connectivity index (χ0v) is 25.9. The highest BCUT2D eigenvalue weighted by Gasteiger charge is 2.54. The molecule has 0 spiro atoms. The Hall–Kier alpha value is -5.49. The number of pyridine rings is 1. The van der Waals surface area contributed by atoms with E-state index in [2.05, 4.69) is 69.0 Å². The van der Waals surface area contributed by atoms with Crippen LogP contribution in [-0.2, 0) is 5.54 Å². The van der Waals surface area contributed by atoms with Gasteiger partial charge in [-0.15, -0.1) is 5.10 Å². The molecule has 1 saturated carbocycles. The van der Waals surface area contributed by atoms with E-state index in [9.17, 15) is 19.3 Å². The van der Waals surface area contributed by atoms with E-state index in [0.29, 0.717) is 58.5 Å². The van der Waals surface area contributed by atoms with Crippen molar-refractivity contribution in [3.8, 4) is 23.3 Å². The molecule has 3 heterocycles. The molecule has 1 aliphatic rings. The zero-order valence-electron chi connectivity index (χ0n) is 25.9. The molecule has 2 aromatic carbocycles. The lowest BCUT2D eigenvalue weighted by Gasteiger charge is -2.24. The molecule has 3 aromatic heterocycles. The molecule has 1 fully saturated rings. The molecule has 2 N–H and O–H groups in total. The number of benzene rings is 2. The highest BCUT2D eigenvalue weighted by Crippen LogP contribution is 2.48. The average Bonchev–Trinajstić information content (AvgIpc) is 3.72. The van der Waals surface area contributed by atoms with E-state index in [4.69, 9.17) is 0 Å². The van der Waals surface area contributed by atoms with Crippen LogP contribution >= 0.6 is 0 Å². The lowest BCUT2D eigenvalue weighted by molar-refractivity contribution is 0.0593. The van der Waals surface area contributed by atoms with Crippen LogP contribution < -0.4 is 10.6 Å². The lowest BCUT2D eigenvalue weighted by atomic mass is 9.92. The van der Waals surface area contributed by atoms with Gasteiger partial charge in [0.05, 0.1) is 58.7 Å². The number of nitrogens with zero attached hydrogens (tertiary/aromatic N) is 8. The first-order valence-electron chi connectivity index (χ1n) is 14.9. The number of fused-ring (bicyclic) bond motifs is 1. The fraction of sp³-hybridized carbons (Fsp3) is 0.324.